The Kier molecular flexibility index (Phi) is 4.85. The highest BCUT2D eigenvalue weighted by atomic mass is 19.2. The highest BCUT2D eigenvalue weighted by Crippen LogP contribution is 2.51. The second-order valence-electron chi connectivity index (χ2n) is 9.08. The van der Waals surface area contributed by atoms with Gasteiger partial charge in [-0.3, -0.25) is 0 Å². The van der Waals surface area contributed by atoms with E-state index < -0.39 is 17.5 Å². The largest absolute Gasteiger partial charge is 0.204 e. The van der Waals surface area contributed by atoms with Gasteiger partial charge in [0.25, 0.3) is 0 Å². The molecule has 3 aliphatic rings. The molecule has 0 bridgehead atoms. The van der Waals surface area contributed by atoms with Crippen LogP contribution in [0, 0.1) is 47.0 Å². The second-order valence-corrected chi connectivity index (χ2v) is 9.08. The zero-order valence-corrected chi connectivity index (χ0v) is 15.1. The summed E-state index contributed by atoms with van der Waals surface area (Å²) in [6.07, 6.45) is 11.3. The van der Waals surface area contributed by atoms with Gasteiger partial charge in [0.05, 0.1) is 0 Å². The van der Waals surface area contributed by atoms with Crippen molar-refractivity contribution < 1.29 is 13.2 Å². The summed E-state index contributed by atoms with van der Waals surface area (Å²) in [4.78, 5) is 0. The standard InChI is InChI=1S/C22H29F3/c1-13-8-16-6-7-17(10-18(16)9-13)14-2-4-15(5-3-14)19-11-20(23)22(25)21(24)12-19/h11-18H,2-10H2,1H3. The molecule has 1 aromatic carbocycles. The summed E-state index contributed by atoms with van der Waals surface area (Å²) in [6, 6.07) is 2.41. The van der Waals surface area contributed by atoms with Gasteiger partial charge in [0.15, 0.2) is 17.5 Å². The number of hydrogen-bond acceptors (Lipinski definition) is 0. The molecule has 138 valence electrons. The van der Waals surface area contributed by atoms with E-state index in [1.807, 2.05) is 0 Å². The maximum atomic E-state index is 13.5. The van der Waals surface area contributed by atoms with Crippen LogP contribution in [0.15, 0.2) is 12.1 Å². The molecule has 1 aromatic rings. The molecule has 0 spiro atoms. The highest BCUT2D eigenvalue weighted by molar-refractivity contribution is 5.23. The van der Waals surface area contributed by atoms with Crippen molar-refractivity contribution in [2.24, 2.45) is 29.6 Å². The van der Waals surface area contributed by atoms with E-state index in [1.165, 1.54) is 44.2 Å². The molecular weight excluding hydrogens is 321 g/mol. The summed E-state index contributed by atoms with van der Waals surface area (Å²) in [5.41, 5.74) is 0.642. The summed E-state index contributed by atoms with van der Waals surface area (Å²) in [5.74, 6) is 1.21. The number of fused-ring (bicyclic) bond motifs is 1. The SMILES string of the molecule is CC1CC2CCC(C3CCC(c4cc(F)c(F)c(F)c4)CC3)CC2C1. The molecule has 0 nitrogen and oxygen atoms in total. The molecular formula is C22H29F3. The molecule has 4 atom stereocenters. The molecule has 25 heavy (non-hydrogen) atoms. The second kappa shape index (κ2) is 6.96. The van der Waals surface area contributed by atoms with E-state index in [1.54, 1.807) is 0 Å². The molecule has 3 heteroatoms. The van der Waals surface area contributed by atoms with Crippen LogP contribution in [-0.2, 0) is 0 Å². The van der Waals surface area contributed by atoms with Crippen LogP contribution < -0.4 is 0 Å². The van der Waals surface area contributed by atoms with E-state index in [0.29, 0.717) is 5.56 Å². The van der Waals surface area contributed by atoms with E-state index >= 15 is 0 Å². The Morgan fingerprint density at radius 3 is 1.84 bits per heavy atom. The average molecular weight is 350 g/mol. The van der Waals surface area contributed by atoms with Gasteiger partial charge in [0.1, 0.15) is 0 Å². The molecule has 3 fully saturated rings. The lowest BCUT2D eigenvalue weighted by Crippen LogP contribution is -2.28. The van der Waals surface area contributed by atoms with Crippen LogP contribution in [0.5, 0.6) is 0 Å². The lowest BCUT2D eigenvalue weighted by Gasteiger charge is -2.40. The third-order valence-corrected chi connectivity index (χ3v) is 7.51. The van der Waals surface area contributed by atoms with E-state index in [-0.39, 0.29) is 5.92 Å². The predicted octanol–water partition coefficient (Wildman–Crippen LogP) is 6.84. The zero-order valence-electron chi connectivity index (χ0n) is 15.1. The van der Waals surface area contributed by atoms with E-state index in [4.69, 9.17) is 0 Å². The van der Waals surface area contributed by atoms with Gasteiger partial charge in [0, 0.05) is 0 Å². The quantitative estimate of drug-likeness (QED) is 0.512. The van der Waals surface area contributed by atoms with E-state index in [0.717, 1.165) is 55.3 Å². The van der Waals surface area contributed by atoms with Gasteiger partial charge in [0.2, 0.25) is 0 Å². The van der Waals surface area contributed by atoms with Gasteiger partial charge in [-0.15, -0.1) is 0 Å². The summed E-state index contributed by atoms with van der Waals surface area (Å²) >= 11 is 0. The van der Waals surface area contributed by atoms with Crippen molar-refractivity contribution in [1.29, 1.82) is 0 Å². The van der Waals surface area contributed by atoms with Crippen molar-refractivity contribution >= 4 is 0 Å². The molecule has 0 N–H and O–H groups in total. The van der Waals surface area contributed by atoms with Crippen molar-refractivity contribution in [3.8, 4) is 0 Å². The van der Waals surface area contributed by atoms with Gasteiger partial charge in [-0.1, -0.05) is 6.92 Å². The molecule has 0 aromatic heterocycles. The maximum Gasteiger partial charge on any atom is 0.194 e. The number of halogens is 3. The van der Waals surface area contributed by atoms with Gasteiger partial charge in [-0.25, -0.2) is 13.2 Å². The minimum atomic E-state index is -1.35. The molecule has 0 radical (unpaired) electrons. The molecule has 0 saturated heterocycles. The van der Waals surface area contributed by atoms with Crippen LogP contribution >= 0.6 is 0 Å². The molecule has 3 aliphatic carbocycles. The maximum absolute atomic E-state index is 13.5. The fourth-order valence-electron chi connectivity index (χ4n) is 6.25. The summed E-state index contributed by atoms with van der Waals surface area (Å²) in [6.45, 7) is 2.40. The van der Waals surface area contributed by atoms with Crippen molar-refractivity contribution in [3.63, 3.8) is 0 Å². The third-order valence-electron chi connectivity index (χ3n) is 7.51. The van der Waals surface area contributed by atoms with Gasteiger partial charge in [-0.2, -0.15) is 0 Å². The van der Waals surface area contributed by atoms with Gasteiger partial charge in [-0.05, 0) is 111 Å². The van der Waals surface area contributed by atoms with Crippen molar-refractivity contribution in [2.75, 3.05) is 0 Å². The van der Waals surface area contributed by atoms with Crippen LogP contribution in [0.3, 0.4) is 0 Å². The van der Waals surface area contributed by atoms with Gasteiger partial charge < -0.3 is 0 Å². The Balaban J connectivity index is 1.36. The molecule has 0 heterocycles. The first-order valence-corrected chi connectivity index (χ1v) is 10.2. The molecule has 4 rings (SSSR count). The van der Waals surface area contributed by atoms with Crippen molar-refractivity contribution in [2.45, 2.75) is 70.6 Å². The lowest BCUT2D eigenvalue weighted by molar-refractivity contribution is 0.126. The molecule has 3 saturated carbocycles. The minimum absolute atomic E-state index is 0.184. The Labute approximate surface area is 149 Å². The Bertz CT molecular complexity index is 595. The zero-order chi connectivity index (χ0) is 17.6. The minimum Gasteiger partial charge on any atom is -0.204 e. The number of benzene rings is 1. The van der Waals surface area contributed by atoms with Crippen LogP contribution in [0.25, 0.3) is 0 Å². The summed E-state index contributed by atoms with van der Waals surface area (Å²) in [5, 5.41) is 0. The van der Waals surface area contributed by atoms with Crippen LogP contribution in [0.1, 0.15) is 76.2 Å². The van der Waals surface area contributed by atoms with E-state index in [9.17, 15) is 13.2 Å². The fourth-order valence-corrected chi connectivity index (χ4v) is 6.25. The Hall–Kier alpha value is -0.990. The molecule has 0 amide bonds. The predicted molar refractivity (Wildman–Crippen MR) is 93.7 cm³/mol. The summed E-state index contributed by atoms with van der Waals surface area (Å²) < 4.78 is 40.2. The van der Waals surface area contributed by atoms with Gasteiger partial charge >= 0.3 is 0 Å². The number of rotatable bonds is 2. The topological polar surface area (TPSA) is 0 Å². The van der Waals surface area contributed by atoms with Crippen molar-refractivity contribution in [1.82, 2.24) is 0 Å². The van der Waals surface area contributed by atoms with Crippen LogP contribution in [0.4, 0.5) is 13.2 Å². The normalized spacial score (nSPS) is 38.6. The Morgan fingerprint density at radius 2 is 1.20 bits per heavy atom. The molecule has 4 unspecified atom stereocenters. The van der Waals surface area contributed by atoms with Crippen LogP contribution in [0.2, 0.25) is 0 Å². The van der Waals surface area contributed by atoms with Crippen LogP contribution in [-0.4, -0.2) is 0 Å². The summed E-state index contributed by atoms with van der Waals surface area (Å²) in [7, 11) is 0. The highest BCUT2D eigenvalue weighted by Gasteiger charge is 2.40. The van der Waals surface area contributed by atoms with Crippen molar-refractivity contribution in [3.05, 3.63) is 35.1 Å². The molecule has 0 aliphatic heterocycles. The first kappa shape index (κ1) is 17.4. The smallest absolute Gasteiger partial charge is 0.194 e. The first-order chi connectivity index (χ1) is 12.0. The lowest BCUT2D eigenvalue weighted by atomic mass is 9.66. The fraction of sp³-hybridized carbons (Fsp3) is 0.727. The monoisotopic (exact) mass is 350 g/mol. The third kappa shape index (κ3) is 3.48. The van der Waals surface area contributed by atoms with E-state index in [2.05, 4.69) is 6.92 Å². The Morgan fingerprint density at radius 1 is 0.680 bits per heavy atom. The first-order valence-electron chi connectivity index (χ1n) is 10.2. The number of hydrogen-bond donors (Lipinski definition) is 0. The average Bonchev–Trinajstić information content (AvgIpc) is 2.98.